The number of benzene rings is 1. The first-order chi connectivity index (χ1) is 5.95. The van der Waals surface area contributed by atoms with Gasteiger partial charge in [-0.3, -0.25) is 0 Å². The van der Waals surface area contributed by atoms with Gasteiger partial charge in [0, 0.05) is 0 Å². The van der Waals surface area contributed by atoms with Crippen molar-refractivity contribution >= 4 is 11.8 Å². The number of hydrogen-bond donors (Lipinski definition) is 5. The second kappa shape index (κ2) is 4.70. The molecule has 0 fully saturated rings. The van der Waals surface area contributed by atoms with Gasteiger partial charge >= 0.3 is 6.09 Å². The maximum atomic E-state index is 8.83. The minimum absolute atomic E-state index is 0.185. The SMILES string of the molecule is NC(=O)O.Nc1cccc(O)c1O. The van der Waals surface area contributed by atoms with Crippen molar-refractivity contribution in [3.8, 4) is 11.5 Å². The van der Waals surface area contributed by atoms with Crippen LogP contribution in [0.2, 0.25) is 0 Å². The number of rotatable bonds is 0. The Morgan fingerprint density at radius 3 is 2.08 bits per heavy atom. The fraction of sp³-hybridized carbons (Fsp3) is 0. The quantitative estimate of drug-likeness (QED) is 0.294. The van der Waals surface area contributed by atoms with Crippen LogP contribution in [0.3, 0.4) is 0 Å². The van der Waals surface area contributed by atoms with Crippen LogP contribution in [0, 0.1) is 0 Å². The summed E-state index contributed by atoms with van der Waals surface area (Å²) in [5.74, 6) is -0.437. The number of para-hydroxylation sites is 1. The Hall–Kier alpha value is -2.11. The minimum Gasteiger partial charge on any atom is -0.504 e. The van der Waals surface area contributed by atoms with Crippen LogP contribution in [-0.4, -0.2) is 21.4 Å². The molecule has 0 radical (unpaired) electrons. The second-order valence-electron chi connectivity index (χ2n) is 2.05. The first-order valence-electron chi connectivity index (χ1n) is 3.20. The third-order valence-corrected chi connectivity index (χ3v) is 1.05. The van der Waals surface area contributed by atoms with E-state index in [4.69, 9.17) is 25.8 Å². The molecule has 0 aliphatic rings. The van der Waals surface area contributed by atoms with E-state index in [1.165, 1.54) is 12.1 Å². The molecule has 1 aromatic carbocycles. The van der Waals surface area contributed by atoms with Gasteiger partial charge in [0.1, 0.15) is 0 Å². The summed E-state index contributed by atoms with van der Waals surface area (Å²) in [6.07, 6.45) is -1.33. The van der Waals surface area contributed by atoms with E-state index in [-0.39, 0.29) is 17.2 Å². The van der Waals surface area contributed by atoms with Crippen LogP contribution >= 0.6 is 0 Å². The molecule has 0 bridgehead atoms. The maximum absolute atomic E-state index is 8.83. The van der Waals surface area contributed by atoms with Gasteiger partial charge in [0.2, 0.25) is 0 Å². The van der Waals surface area contributed by atoms with Crippen LogP contribution < -0.4 is 11.5 Å². The van der Waals surface area contributed by atoms with E-state index in [0.29, 0.717) is 0 Å². The molecule has 1 rings (SSSR count). The zero-order valence-electron chi connectivity index (χ0n) is 6.64. The van der Waals surface area contributed by atoms with Crippen molar-refractivity contribution < 1.29 is 20.1 Å². The van der Waals surface area contributed by atoms with Gasteiger partial charge in [0.25, 0.3) is 0 Å². The van der Waals surface area contributed by atoms with E-state index in [2.05, 4.69) is 5.73 Å². The maximum Gasteiger partial charge on any atom is 0.402 e. The van der Waals surface area contributed by atoms with Gasteiger partial charge < -0.3 is 26.8 Å². The summed E-state index contributed by atoms with van der Waals surface area (Å²) in [5, 5.41) is 24.8. The lowest BCUT2D eigenvalue weighted by atomic mass is 10.3. The number of phenols is 2. The molecule has 72 valence electrons. The van der Waals surface area contributed by atoms with Crippen molar-refractivity contribution in [2.45, 2.75) is 0 Å². The third-order valence-electron chi connectivity index (χ3n) is 1.05. The number of hydrogen-bond acceptors (Lipinski definition) is 4. The van der Waals surface area contributed by atoms with E-state index in [9.17, 15) is 0 Å². The lowest BCUT2D eigenvalue weighted by Crippen LogP contribution is -2.03. The molecule has 0 unspecified atom stereocenters. The molecule has 0 aromatic heterocycles. The largest absolute Gasteiger partial charge is 0.504 e. The standard InChI is InChI=1S/C6H7NO2.CH3NO2/c7-4-2-1-3-5(8)6(4)9;2-1(3)4/h1-3,8-9H,7H2;2H2,(H,3,4). The Kier molecular flexibility index (Phi) is 3.94. The van der Waals surface area contributed by atoms with Gasteiger partial charge in [-0.05, 0) is 12.1 Å². The Morgan fingerprint density at radius 1 is 1.31 bits per heavy atom. The van der Waals surface area contributed by atoms with E-state index in [1.807, 2.05) is 0 Å². The summed E-state index contributed by atoms with van der Waals surface area (Å²) in [5.41, 5.74) is 9.43. The molecule has 0 atom stereocenters. The van der Waals surface area contributed by atoms with Crippen molar-refractivity contribution in [3.63, 3.8) is 0 Å². The number of aromatic hydroxyl groups is 2. The van der Waals surface area contributed by atoms with Crippen LogP contribution in [0.15, 0.2) is 18.2 Å². The normalized spacial score (nSPS) is 8.31. The van der Waals surface area contributed by atoms with E-state index in [1.54, 1.807) is 6.07 Å². The molecule has 1 aromatic rings. The zero-order valence-corrected chi connectivity index (χ0v) is 6.64. The average molecular weight is 186 g/mol. The van der Waals surface area contributed by atoms with E-state index < -0.39 is 6.09 Å². The second-order valence-corrected chi connectivity index (χ2v) is 2.05. The summed E-state index contributed by atoms with van der Waals surface area (Å²) in [7, 11) is 0. The fourth-order valence-corrected chi connectivity index (χ4v) is 0.549. The van der Waals surface area contributed by atoms with E-state index >= 15 is 0 Å². The van der Waals surface area contributed by atoms with Gasteiger partial charge in [-0.2, -0.15) is 0 Å². The number of nitrogens with two attached hydrogens (primary N) is 2. The molecule has 0 saturated heterocycles. The van der Waals surface area contributed by atoms with Crippen molar-refractivity contribution in [3.05, 3.63) is 18.2 Å². The van der Waals surface area contributed by atoms with Crippen LogP contribution in [-0.2, 0) is 0 Å². The molecule has 6 heteroatoms. The molecule has 0 spiro atoms. The Morgan fingerprint density at radius 2 is 1.77 bits per heavy atom. The van der Waals surface area contributed by atoms with Crippen molar-refractivity contribution in [1.82, 2.24) is 0 Å². The van der Waals surface area contributed by atoms with Crippen LogP contribution in [0.1, 0.15) is 0 Å². The Bertz CT molecular complexity index is 276. The number of phenolic OH excluding ortho intramolecular Hbond substituents is 2. The summed E-state index contributed by atoms with van der Waals surface area (Å²) < 4.78 is 0. The minimum atomic E-state index is -1.33. The highest BCUT2D eigenvalue weighted by atomic mass is 16.4. The van der Waals surface area contributed by atoms with Crippen molar-refractivity contribution in [2.75, 3.05) is 5.73 Å². The first-order valence-corrected chi connectivity index (χ1v) is 3.20. The highest BCUT2D eigenvalue weighted by molar-refractivity contribution is 5.61. The fourth-order valence-electron chi connectivity index (χ4n) is 0.549. The molecule has 13 heavy (non-hydrogen) atoms. The van der Waals surface area contributed by atoms with Crippen LogP contribution in [0.4, 0.5) is 10.5 Å². The number of carboxylic acid groups (broad SMARTS) is 1. The molecule has 0 aliphatic heterocycles. The summed E-state index contributed by atoms with van der Waals surface area (Å²) in [6, 6.07) is 4.44. The lowest BCUT2D eigenvalue weighted by molar-refractivity contribution is 0.205. The molecule has 0 aliphatic carbocycles. The number of nitrogen functional groups attached to an aromatic ring is 1. The molecule has 0 heterocycles. The van der Waals surface area contributed by atoms with Crippen LogP contribution in [0.5, 0.6) is 11.5 Å². The third kappa shape index (κ3) is 4.35. The van der Waals surface area contributed by atoms with E-state index in [0.717, 1.165) is 0 Å². The zero-order chi connectivity index (χ0) is 10.4. The molecule has 6 nitrogen and oxygen atoms in total. The average Bonchev–Trinajstić information content (AvgIpc) is 1.99. The first kappa shape index (κ1) is 10.9. The molecule has 0 saturated carbocycles. The van der Waals surface area contributed by atoms with Gasteiger partial charge in [-0.25, -0.2) is 4.79 Å². The van der Waals surface area contributed by atoms with Gasteiger partial charge in [-0.1, -0.05) is 6.07 Å². The molecule has 1 amide bonds. The smallest absolute Gasteiger partial charge is 0.402 e. The monoisotopic (exact) mass is 186 g/mol. The number of amides is 1. The Balaban J connectivity index is 0.000000310. The van der Waals surface area contributed by atoms with Gasteiger partial charge in [0.15, 0.2) is 11.5 Å². The molecule has 7 N–H and O–H groups in total. The van der Waals surface area contributed by atoms with Crippen molar-refractivity contribution in [1.29, 1.82) is 0 Å². The Labute approximate surface area is 74.0 Å². The number of anilines is 1. The topological polar surface area (TPSA) is 130 Å². The predicted octanol–water partition coefficient (Wildman–Crippen LogP) is 0.303. The number of primary amides is 1. The van der Waals surface area contributed by atoms with Gasteiger partial charge in [0.05, 0.1) is 5.69 Å². The highest BCUT2D eigenvalue weighted by Gasteiger charge is 1.98. The van der Waals surface area contributed by atoms with Crippen LogP contribution in [0.25, 0.3) is 0 Å². The molecular formula is C7H10N2O4. The summed E-state index contributed by atoms with van der Waals surface area (Å²) in [6.45, 7) is 0. The summed E-state index contributed by atoms with van der Waals surface area (Å²) in [4.78, 5) is 8.78. The number of carbonyl (C=O) groups is 1. The predicted molar refractivity (Wildman–Crippen MR) is 46.4 cm³/mol. The van der Waals surface area contributed by atoms with Crippen molar-refractivity contribution in [2.24, 2.45) is 5.73 Å². The lowest BCUT2D eigenvalue weighted by Gasteiger charge is -1.97. The van der Waals surface area contributed by atoms with Gasteiger partial charge in [-0.15, -0.1) is 0 Å². The molecular weight excluding hydrogens is 176 g/mol. The summed E-state index contributed by atoms with van der Waals surface area (Å²) >= 11 is 0. The highest BCUT2D eigenvalue weighted by Crippen LogP contribution is 2.29.